The lowest BCUT2D eigenvalue weighted by Crippen LogP contribution is -2.31. The standard InChI is InChI=1S/C21H26ClNO.C11H12O4.C4H4O4/c1-21(17-7-4-3-5-8-17,18-10-12-19(22)13-11-18)24-16-14-20-9-6-15-23(20)2;1-14-9-5-3-8(4-6-11(12)13)7-10(9)15-2;5-3(6)1-2-4(7)8/h3-5,7-8,10-13,20H,6,9,14-16H2,1-2H3;3-7H,1-2H3,(H,12,13);1-2H,(H,5,6)(H,7,8). The van der Waals surface area contributed by atoms with E-state index < -0.39 is 23.5 Å². The number of rotatable bonds is 12. The summed E-state index contributed by atoms with van der Waals surface area (Å²) in [7, 11) is 5.29. The number of ether oxygens (including phenoxy) is 3. The number of hydrogen-bond donors (Lipinski definition) is 3. The summed E-state index contributed by atoms with van der Waals surface area (Å²) in [6.45, 7) is 4.12. The highest BCUT2D eigenvalue weighted by atomic mass is 35.5. The van der Waals surface area contributed by atoms with Crippen LogP contribution in [0.3, 0.4) is 0 Å². The van der Waals surface area contributed by atoms with Crippen LogP contribution in [0.15, 0.2) is 91.0 Å². The first-order valence-electron chi connectivity index (χ1n) is 14.8. The van der Waals surface area contributed by atoms with Gasteiger partial charge in [0.15, 0.2) is 11.5 Å². The smallest absolute Gasteiger partial charge is 0.328 e. The molecule has 0 aliphatic carbocycles. The molecule has 47 heavy (non-hydrogen) atoms. The number of carbonyl (C=O) groups is 3. The van der Waals surface area contributed by atoms with Crippen molar-refractivity contribution in [3.63, 3.8) is 0 Å². The maximum atomic E-state index is 10.3. The molecule has 0 radical (unpaired) electrons. The molecule has 3 aromatic rings. The lowest BCUT2D eigenvalue weighted by molar-refractivity contribution is -0.134. The number of aliphatic carboxylic acids is 3. The van der Waals surface area contributed by atoms with Crippen LogP contribution in [0.4, 0.5) is 0 Å². The van der Waals surface area contributed by atoms with Gasteiger partial charge in [0.1, 0.15) is 5.60 Å². The number of likely N-dealkylation sites (tertiary alicyclic amines) is 1. The van der Waals surface area contributed by atoms with Crippen molar-refractivity contribution in [3.8, 4) is 11.5 Å². The first-order valence-corrected chi connectivity index (χ1v) is 15.2. The molecule has 1 aliphatic rings. The van der Waals surface area contributed by atoms with Crippen molar-refractivity contribution < 1.29 is 43.9 Å². The third-order valence-electron chi connectivity index (χ3n) is 7.43. The molecule has 0 bridgehead atoms. The van der Waals surface area contributed by atoms with Crippen molar-refractivity contribution in [2.24, 2.45) is 0 Å². The SMILES string of the molecule is CN1CCCC1CCOC(C)(c1ccccc1)c1ccc(Cl)cc1.COc1ccc(C=CC(=O)O)cc1OC.O=C(O)C=CC(=O)O. The number of hydrogen-bond acceptors (Lipinski definition) is 7. The summed E-state index contributed by atoms with van der Waals surface area (Å²) in [5.74, 6) is -2.31. The lowest BCUT2D eigenvalue weighted by atomic mass is 9.88. The number of halogens is 1. The Labute approximate surface area is 280 Å². The highest BCUT2D eigenvalue weighted by Gasteiger charge is 2.30. The van der Waals surface area contributed by atoms with E-state index in [9.17, 15) is 14.4 Å². The van der Waals surface area contributed by atoms with Gasteiger partial charge in [0, 0.05) is 35.9 Å². The zero-order chi connectivity index (χ0) is 34.8. The molecule has 1 aliphatic heterocycles. The Bertz CT molecular complexity index is 1480. The van der Waals surface area contributed by atoms with Gasteiger partial charge in [-0.15, -0.1) is 0 Å². The third kappa shape index (κ3) is 13.3. The first kappa shape index (κ1) is 38.5. The van der Waals surface area contributed by atoms with Gasteiger partial charge in [-0.25, -0.2) is 14.4 Å². The fraction of sp³-hybridized carbons (Fsp3) is 0.306. The van der Waals surface area contributed by atoms with Crippen LogP contribution in [0.5, 0.6) is 11.5 Å². The summed E-state index contributed by atoms with van der Waals surface area (Å²) < 4.78 is 16.6. The summed E-state index contributed by atoms with van der Waals surface area (Å²) in [5, 5.41) is 24.8. The lowest BCUT2D eigenvalue weighted by Gasteiger charge is -2.32. The quantitative estimate of drug-likeness (QED) is 0.180. The molecular weight excluding hydrogens is 626 g/mol. The average Bonchev–Trinajstić information content (AvgIpc) is 3.47. The predicted octanol–water partition coefficient (Wildman–Crippen LogP) is 6.62. The van der Waals surface area contributed by atoms with E-state index in [0.29, 0.717) is 29.7 Å². The Morgan fingerprint density at radius 2 is 1.43 bits per heavy atom. The fourth-order valence-corrected chi connectivity index (χ4v) is 4.99. The second-order valence-electron chi connectivity index (χ2n) is 10.6. The Hall–Kier alpha value is -4.64. The summed E-state index contributed by atoms with van der Waals surface area (Å²) in [6.07, 6.45) is 7.33. The van der Waals surface area contributed by atoms with E-state index >= 15 is 0 Å². The van der Waals surface area contributed by atoms with E-state index in [-0.39, 0.29) is 0 Å². The highest BCUT2D eigenvalue weighted by molar-refractivity contribution is 6.30. The van der Waals surface area contributed by atoms with E-state index in [1.165, 1.54) is 38.1 Å². The predicted molar refractivity (Wildman–Crippen MR) is 181 cm³/mol. The number of carboxylic acid groups (broad SMARTS) is 3. The Kier molecular flexibility index (Phi) is 16.2. The van der Waals surface area contributed by atoms with Crippen molar-refractivity contribution >= 4 is 35.6 Å². The van der Waals surface area contributed by atoms with Crippen LogP contribution in [-0.4, -0.2) is 78.6 Å². The minimum Gasteiger partial charge on any atom is -0.493 e. The van der Waals surface area contributed by atoms with E-state index in [1.54, 1.807) is 25.3 Å². The monoisotopic (exact) mass is 667 g/mol. The normalized spacial score (nSPS) is 15.6. The Morgan fingerprint density at radius 1 is 0.851 bits per heavy atom. The first-order chi connectivity index (χ1) is 22.4. The highest BCUT2D eigenvalue weighted by Crippen LogP contribution is 2.34. The number of carboxylic acids is 3. The Balaban J connectivity index is 0.000000285. The molecule has 0 amide bonds. The molecule has 1 saturated heterocycles. The van der Waals surface area contributed by atoms with Gasteiger partial charge < -0.3 is 34.4 Å². The molecule has 0 saturated carbocycles. The van der Waals surface area contributed by atoms with E-state index in [0.717, 1.165) is 35.3 Å². The molecule has 1 heterocycles. The van der Waals surface area contributed by atoms with Crippen LogP contribution in [0, 0.1) is 0 Å². The van der Waals surface area contributed by atoms with Crippen LogP contribution >= 0.6 is 11.6 Å². The second kappa shape index (κ2) is 19.8. The van der Waals surface area contributed by atoms with Gasteiger partial charge in [0.25, 0.3) is 0 Å². The molecular formula is C36H42ClNO9. The minimum absolute atomic E-state index is 0.455. The molecule has 0 spiro atoms. The van der Waals surface area contributed by atoms with Crippen molar-refractivity contribution in [1.29, 1.82) is 0 Å². The van der Waals surface area contributed by atoms with Crippen LogP contribution in [0.1, 0.15) is 42.9 Å². The summed E-state index contributed by atoms with van der Waals surface area (Å²) in [4.78, 5) is 31.9. The number of nitrogens with zero attached hydrogens (tertiary/aromatic N) is 1. The van der Waals surface area contributed by atoms with Crippen molar-refractivity contribution in [2.75, 3.05) is 34.4 Å². The summed E-state index contributed by atoms with van der Waals surface area (Å²) in [5.41, 5.74) is 2.60. The van der Waals surface area contributed by atoms with Crippen molar-refractivity contribution in [3.05, 3.63) is 113 Å². The maximum Gasteiger partial charge on any atom is 0.328 e. The fourth-order valence-electron chi connectivity index (χ4n) is 4.87. The van der Waals surface area contributed by atoms with E-state index in [1.807, 2.05) is 18.2 Å². The van der Waals surface area contributed by atoms with Gasteiger partial charge >= 0.3 is 17.9 Å². The van der Waals surface area contributed by atoms with Gasteiger partial charge in [-0.2, -0.15) is 0 Å². The number of methoxy groups -OCH3 is 2. The van der Waals surface area contributed by atoms with Crippen LogP contribution in [0.2, 0.25) is 5.02 Å². The zero-order valence-electron chi connectivity index (χ0n) is 27.0. The molecule has 0 aromatic heterocycles. The van der Waals surface area contributed by atoms with Crippen molar-refractivity contribution in [2.45, 2.75) is 37.8 Å². The van der Waals surface area contributed by atoms with E-state index in [4.69, 9.17) is 41.1 Å². The molecule has 3 N–H and O–H groups in total. The number of benzene rings is 3. The molecule has 11 heteroatoms. The maximum absolute atomic E-state index is 10.3. The van der Waals surface area contributed by atoms with Gasteiger partial charge in [-0.3, -0.25) is 0 Å². The molecule has 1 fully saturated rings. The van der Waals surface area contributed by atoms with Gasteiger partial charge in [0.05, 0.1) is 14.2 Å². The topological polar surface area (TPSA) is 143 Å². The molecule has 4 rings (SSSR count). The van der Waals surface area contributed by atoms with Gasteiger partial charge in [0.2, 0.25) is 0 Å². The molecule has 3 aromatic carbocycles. The van der Waals surface area contributed by atoms with Gasteiger partial charge in [-0.1, -0.05) is 60.1 Å². The van der Waals surface area contributed by atoms with E-state index in [2.05, 4.69) is 55.3 Å². The largest absolute Gasteiger partial charge is 0.493 e. The average molecular weight is 668 g/mol. The summed E-state index contributed by atoms with van der Waals surface area (Å²) in [6, 6.07) is 24.3. The Morgan fingerprint density at radius 3 is 1.94 bits per heavy atom. The van der Waals surface area contributed by atoms with Crippen LogP contribution < -0.4 is 9.47 Å². The van der Waals surface area contributed by atoms with Gasteiger partial charge in [-0.05, 0) is 86.8 Å². The summed E-state index contributed by atoms with van der Waals surface area (Å²) >= 11 is 6.07. The zero-order valence-corrected chi connectivity index (χ0v) is 27.7. The van der Waals surface area contributed by atoms with Crippen molar-refractivity contribution in [1.82, 2.24) is 4.90 Å². The molecule has 2 atom stereocenters. The van der Waals surface area contributed by atoms with Crippen LogP contribution in [0.25, 0.3) is 6.08 Å². The molecule has 2 unspecified atom stereocenters. The second-order valence-corrected chi connectivity index (χ2v) is 11.1. The molecule has 10 nitrogen and oxygen atoms in total. The minimum atomic E-state index is -1.26. The molecule has 252 valence electrons. The van der Waals surface area contributed by atoms with Crippen LogP contribution in [-0.2, 0) is 24.7 Å². The third-order valence-corrected chi connectivity index (χ3v) is 7.68.